The van der Waals surface area contributed by atoms with Gasteiger partial charge in [0, 0.05) is 24.1 Å². The molecular formula is C46H89N2O3S+. The van der Waals surface area contributed by atoms with E-state index in [1.165, 1.54) is 218 Å². The summed E-state index contributed by atoms with van der Waals surface area (Å²) in [7, 11) is -1.48. The van der Waals surface area contributed by atoms with Crippen molar-refractivity contribution in [2.45, 2.75) is 245 Å². The van der Waals surface area contributed by atoms with Gasteiger partial charge in [-0.2, -0.15) is 8.42 Å². The van der Waals surface area contributed by atoms with Crippen molar-refractivity contribution >= 4 is 10.1 Å². The lowest BCUT2D eigenvalue weighted by Crippen LogP contribution is -2.34. The van der Waals surface area contributed by atoms with Gasteiger partial charge in [0.15, 0.2) is 12.4 Å². The SMILES string of the molecule is CCCCCCCCCCCCCCCCCCS(=O)(=O)O.CCCCCCCCCCCCCCCCCC[n+]1cccc(C2CCCN2C)c1. The Kier molecular flexibility index (Phi) is 33.7. The van der Waals surface area contributed by atoms with Gasteiger partial charge in [-0.05, 0) is 45.3 Å². The van der Waals surface area contributed by atoms with Crippen LogP contribution in [0.1, 0.15) is 244 Å². The van der Waals surface area contributed by atoms with Crippen LogP contribution in [-0.4, -0.2) is 37.2 Å². The third kappa shape index (κ3) is 31.4. The Hall–Kier alpha value is -0.980. The molecule has 6 heteroatoms. The predicted molar refractivity (Wildman–Crippen MR) is 227 cm³/mol. The Morgan fingerprint density at radius 1 is 0.596 bits per heavy atom. The lowest BCUT2D eigenvalue weighted by atomic mass is 10.0. The second kappa shape index (κ2) is 35.7. The third-order valence-electron chi connectivity index (χ3n) is 11.3. The van der Waals surface area contributed by atoms with Gasteiger partial charge in [-0.3, -0.25) is 9.45 Å². The van der Waals surface area contributed by atoms with Gasteiger partial charge in [0.25, 0.3) is 10.1 Å². The van der Waals surface area contributed by atoms with Crippen molar-refractivity contribution in [2.24, 2.45) is 0 Å². The van der Waals surface area contributed by atoms with Crippen molar-refractivity contribution in [1.82, 2.24) is 4.90 Å². The Bertz CT molecular complexity index is 1000. The van der Waals surface area contributed by atoms with Gasteiger partial charge in [-0.1, -0.05) is 200 Å². The maximum atomic E-state index is 10.5. The molecule has 2 rings (SSSR count). The lowest BCUT2D eigenvalue weighted by molar-refractivity contribution is -0.697. The van der Waals surface area contributed by atoms with Crippen LogP contribution in [0, 0.1) is 0 Å². The van der Waals surface area contributed by atoms with E-state index in [4.69, 9.17) is 4.55 Å². The van der Waals surface area contributed by atoms with Crippen molar-refractivity contribution in [3.8, 4) is 0 Å². The summed E-state index contributed by atoms with van der Waals surface area (Å²) in [6.45, 7) is 7.00. The molecule has 1 aromatic heterocycles. The van der Waals surface area contributed by atoms with Crippen molar-refractivity contribution < 1.29 is 17.5 Å². The van der Waals surface area contributed by atoms with Crippen molar-refractivity contribution in [3.05, 3.63) is 30.1 Å². The Balaban J connectivity index is 0.000000548. The van der Waals surface area contributed by atoms with E-state index in [2.05, 4.69) is 54.9 Å². The fourth-order valence-electron chi connectivity index (χ4n) is 7.88. The molecule has 52 heavy (non-hydrogen) atoms. The van der Waals surface area contributed by atoms with Crippen LogP contribution in [0.5, 0.6) is 0 Å². The summed E-state index contributed by atoms with van der Waals surface area (Å²) < 4.78 is 32.1. The zero-order valence-electron chi connectivity index (χ0n) is 35.1. The first kappa shape index (κ1) is 49.0. The molecule has 0 saturated carbocycles. The van der Waals surface area contributed by atoms with Gasteiger partial charge in [-0.25, -0.2) is 4.57 Å². The summed E-state index contributed by atoms with van der Waals surface area (Å²) in [5, 5.41) is 0. The zero-order valence-corrected chi connectivity index (χ0v) is 35.9. The highest BCUT2D eigenvalue weighted by molar-refractivity contribution is 7.85. The first-order valence-corrected chi connectivity index (χ1v) is 24.6. The Morgan fingerprint density at radius 2 is 0.962 bits per heavy atom. The van der Waals surface area contributed by atoms with Crippen LogP contribution in [0.2, 0.25) is 0 Å². The predicted octanol–water partition coefficient (Wildman–Crippen LogP) is 14.1. The number of aryl methyl sites for hydroxylation is 1. The molecule has 5 nitrogen and oxygen atoms in total. The standard InChI is InChI=1S/C28H51N2.C18H38O3S/c1-3-4-5-6-7-8-9-10-11-12-13-14-15-16-17-18-24-30-25-19-21-27(26-30)28-22-20-23-29(28)2;1-2-3-4-5-6-7-8-9-10-11-12-13-14-15-16-17-18-22(19,20)21/h19,21,25-26,28H,3-18,20,22-24H2,1-2H3;2-18H2,1H3,(H,19,20,21)/q+1;. The fourth-order valence-corrected chi connectivity index (χ4v) is 8.45. The second-order valence-electron chi connectivity index (χ2n) is 16.4. The molecule has 2 heterocycles. The van der Waals surface area contributed by atoms with Crippen LogP contribution in [-0.2, 0) is 16.7 Å². The minimum absolute atomic E-state index is 0.0779. The lowest BCUT2D eigenvalue weighted by Gasteiger charge is -2.18. The second-order valence-corrected chi connectivity index (χ2v) is 18.0. The summed E-state index contributed by atoms with van der Waals surface area (Å²) in [4.78, 5) is 2.51. The average molecular weight is 750 g/mol. The van der Waals surface area contributed by atoms with Crippen LogP contribution < -0.4 is 4.57 Å². The number of unbranched alkanes of at least 4 members (excludes halogenated alkanes) is 30. The van der Waals surface area contributed by atoms with E-state index in [9.17, 15) is 8.42 Å². The molecule has 0 amide bonds. The number of hydrogen-bond acceptors (Lipinski definition) is 3. The van der Waals surface area contributed by atoms with Gasteiger partial charge in [0.05, 0.1) is 5.75 Å². The summed E-state index contributed by atoms with van der Waals surface area (Å²) in [6, 6.07) is 5.20. The number of pyridine rings is 1. The van der Waals surface area contributed by atoms with Crippen LogP contribution in [0.4, 0.5) is 0 Å². The van der Waals surface area contributed by atoms with Gasteiger partial charge in [-0.15, -0.1) is 0 Å². The van der Waals surface area contributed by atoms with Crippen molar-refractivity contribution in [1.29, 1.82) is 0 Å². The molecule has 1 unspecified atom stereocenters. The van der Waals surface area contributed by atoms with E-state index >= 15 is 0 Å². The van der Waals surface area contributed by atoms with Gasteiger partial charge in [0.2, 0.25) is 0 Å². The molecule has 1 N–H and O–H groups in total. The van der Waals surface area contributed by atoms with E-state index in [1.807, 2.05) is 0 Å². The summed E-state index contributed by atoms with van der Waals surface area (Å²) in [5.41, 5.74) is 1.51. The molecule has 0 radical (unpaired) electrons. The molecule has 306 valence electrons. The molecule has 0 aliphatic carbocycles. The molecule has 1 atom stereocenters. The van der Waals surface area contributed by atoms with Crippen LogP contribution in [0.15, 0.2) is 24.5 Å². The highest BCUT2D eigenvalue weighted by atomic mass is 32.2. The maximum Gasteiger partial charge on any atom is 0.264 e. The van der Waals surface area contributed by atoms with Gasteiger partial charge >= 0.3 is 0 Å². The molecule has 1 fully saturated rings. The number of hydrogen-bond donors (Lipinski definition) is 1. The summed E-state index contributed by atoms with van der Waals surface area (Å²) >= 11 is 0. The molecule has 0 spiro atoms. The highest BCUT2D eigenvalue weighted by Crippen LogP contribution is 2.29. The number of rotatable bonds is 35. The van der Waals surface area contributed by atoms with E-state index in [0.29, 0.717) is 12.5 Å². The average Bonchev–Trinajstić information content (AvgIpc) is 3.57. The third-order valence-corrected chi connectivity index (χ3v) is 12.1. The molecule has 1 saturated heterocycles. The topological polar surface area (TPSA) is 61.5 Å². The molecule has 0 aromatic carbocycles. The number of likely N-dealkylation sites (tertiary alicyclic amines) is 1. The minimum atomic E-state index is -3.74. The number of aromatic nitrogens is 1. The van der Waals surface area contributed by atoms with Gasteiger partial charge in [0.1, 0.15) is 6.54 Å². The van der Waals surface area contributed by atoms with Crippen molar-refractivity contribution in [2.75, 3.05) is 19.3 Å². The largest absolute Gasteiger partial charge is 0.299 e. The molecule has 0 bridgehead atoms. The van der Waals surface area contributed by atoms with Crippen molar-refractivity contribution in [3.63, 3.8) is 0 Å². The minimum Gasteiger partial charge on any atom is -0.299 e. The normalized spacial score (nSPS) is 14.9. The smallest absolute Gasteiger partial charge is 0.264 e. The number of nitrogens with zero attached hydrogens (tertiary/aromatic N) is 2. The molecular weight excluding hydrogens is 661 g/mol. The van der Waals surface area contributed by atoms with E-state index < -0.39 is 10.1 Å². The van der Waals surface area contributed by atoms with Crippen LogP contribution in [0.3, 0.4) is 0 Å². The van der Waals surface area contributed by atoms with E-state index in [1.54, 1.807) is 0 Å². The first-order chi connectivity index (χ1) is 25.4. The van der Waals surface area contributed by atoms with Crippen LogP contribution >= 0.6 is 0 Å². The monoisotopic (exact) mass is 750 g/mol. The summed E-state index contributed by atoms with van der Waals surface area (Å²) in [5.74, 6) is -0.0779. The quantitative estimate of drug-likeness (QED) is 0.0426. The molecule has 1 aliphatic rings. The zero-order chi connectivity index (χ0) is 37.8. The van der Waals surface area contributed by atoms with Gasteiger partial charge < -0.3 is 0 Å². The van der Waals surface area contributed by atoms with Crippen LogP contribution in [0.25, 0.3) is 0 Å². The molecule has 1 aromatic rings. The Morgan fingerprint density at radius 3 is 1.31 bits per heavy atom. The fraction of sp³-hybridized carbons (Fsp3) is 0.891. The van der Waals surface area contributed by atoms with E-state index in [-0.39, 0.29) is 5.75 Å². The maximum absolute atomic E-state index is 10.5. The Labute approximate surface area is 325 Å². The summed E-state index contributed by atoms with van der Waals surface area (Å²) in [6.07, 6.45) is 50.7. The van der Waals surface area contributed by atoms with E-state index in [0.717, 1.165) is 12.8 Å². The molecule has 1 aliphatic heterocycles. The highest BCUT2D eigenvalue weighted by Gasteiger charge is 2.24. The first-order valence-electron chi connectivity index (χ1n) is 23.0.